The van der Waals surface area contributed by atoms with Gasteiger partial charge in [-0.25, -0.2) is 0 Å². The Morgan fingerprint density at radius 1 is 0.417 bits per heavy atom. The predicted molar refractivity (Wildman–Crippen MR) is 167 cm³/mol. The molecule has 1 heterocycles. The average molecular weight is 702 g/mol. The number of nitrogens with zero attached hydrogens (tertiary/aromatic N) is 1. The first-order chi connectivity index (χ1) is 23.5. The molecule has 0 atom stereocenters. The molecule has 3 N–H and O–H groups in total. The highest BCUT2D eigenvalue weighted by molar-refractivity contribution is 6.14. The standard InChI is InChI=1S/C24H50O13.C6H5NO4/c25-1-3-27-5-7-29-9-11-31-13-15-33-17-19-35-21-23-37-24-22-36-20-18-34-16-14-32-12-10-30-8-6-28-4-2-26;8-4-1-2-5(9)7(4)3-6(10)11/h25-26H,1-24H2;1-2H,3H2,(H,10,11). The molecule has 1 aliphatic rings. The van der Waals surface area contributed by atoms with E-state index in [1.165, 1.54) is 0 Å². The monoisotopic (exact) mass is 701 g/mol. The highest BCUT2D eigenvalue weighted by atomic mass is 16.6. The van der Waals surface area contributed by atoms with E-state index in [-0.39, 0.29) is 13.2 Å². The fourth-order valence-electron chi connectivity index (χ4n) is 3.15. The van der Waals surface area contributed by atoms with Gasteiger partial charge in [0.25, 0.3) is 11.8 Å². The summed E-state index contributed by atoms with van der Waals surface area (Å²) >= 11 is 0. The van der Waals surface area contributed by atoms with E-state index in [0.717, 1.165) is 12.2 Å². The number of carbonyl (C=O) groups is 3. The lowest BCUT2D eigenvalue weighted by Gasteiger charge is -2.09. The van der Waals surface area contributed by atoms with Gasteiger partial charge in [-0.15, -0.1) is 0 Å². The van der Waals surface area contributed by atoms with Crippen molar-refractivity contribution in [1.82, 2.24) is 4.90 Å². The molecule has 0 fully saturated rings. The van der Waals surface area contributed by atoms with Crippen LogP contribution < -0.4 is 0 Å². The van der Waals surface area contributed by atoms with Crippen LogP contribution >= 0.6 is 0 Å². The van der Waals surface area contributed by atoms with Gasteiger partial charge in [0.1, 0.15) is 6.54 Å². The maximum absolute atomic E-state index is 10.7. The van der Waals surface area contributed by atoms with Gasteiger partial charge in [0, 0.05) is 12.2 Å². The van der Waals surface area contributed by atoms with Crippen LogP contribution in [-0.2, 0) is 66.5 Å². The number of amides is 2. The molecule has 0 spiro atoms. The number of carboxylic acid groups (broad SMARTS) is 1. The van der Waals surface area contributed by atoms with Crippen LogP contribution in [0.3, 0.4) is 0 Å². The Hall–Kier alpha value is -2.17. The van der Waals surface area contributed by atoms with Crippen molar-refractivity contribution in [2.75, 3.05) is 165 Å². The largest absolute Gasteiger partial charge is 0.480 e. The van der Waals surface area contributed by atoms with Crippen LogP contribution in [0, 0.1) is 0 Å². The Morgan fingerprint density at radius 3 is 0.771 bits per heavy atom. The maximum Gasteiger partial charge on any atom is 0.323 e. The highest BCUT2D eigenvalue weighted by Crippen LogP contribution is 2.01. The number of rotatable bonds is 36. The second kappa shape index (κ2) is 37.6. The molecule has 48 heavy (non-hydrogen) atoms. The van der Waals surface area contributed by atoms with Crippen molar-refractivity contribution in [3.8, 4) is 0 Å². The summed E-state index contributed by atoms with van der Waals surface area (Å²) in [5.41, 5.74) is 0. The van der Waals surface area contributed by atoms with Crippen molar-refractivity contribution >= 4 is 17.8 Å². The number of aliphatic carboxylic acids is 1. The molecule has 0 radical (unpaired) electrons. The number of carbonyl (C=O) groups excluding carboxylic acids is 2. The molecule has 0 aromatic carbocycles. The molecule has 0 saturated heterocycles. The summed E-state index contributed by atoms with van der Waals surface area (Å²) in [4.78, 5) is 32.1. The van der Waals surface area contributed by atoms with Crippen LogP contribution in [0.25, 0.3) is 0 Å². The fraction of sp³-hybridized carbons (Fsp3) is 0.833. The summed E-state index contributed by atoms with van der Waals surface area (Å²) in [6.45, 7) is 10.2. The first-order valence-corrected chi connectivity index (χ1v) is 15.8. The van der Waals surface area contributed by atoms with Crippen molar-refractivity contribution < 1.29 is 81.8 Å². The third-order valence-electron chi connectivity index (χ3n) is 5.39. The van der Waals surface area contributed by atoms with E-state index in [9.17, 15) is 14.4 Å². The molecule has 2 amide bonds. The SMILES string of the molecule is O=C(O)CN1C(=O)C=CC1=O.OCCOCCOCCOCCOCCOCCOCCOCCOCCOCCOCCOCCO. The van der Waals surface area contributed by atoms with Crippen molar-refractivity contribution in [3.63, 3.8) is 0 Å². The van der Waals surface area contributed by atoms with Crippen LogP contribution in [0.15, 0.2) is 12.2 Å². The predicted octanol–water partition coefficient (Wildman–Crippen LogP) is -1.85. The first-order valence-electron chi connectivity index (χ1n) is 15.8. The van der Waals surface area contributed by atoms with Crippen molar-refractivity contribution in [3.05, 3.63) is 12.2 Å². The van der Waals surface area contributed by atoms with Gasteiger partial charge in [-0.2, -0.15) is 0 Å². The van der Waals surface area contributed by atoms with E-state index in [1.807, 2.05) is 0 Å². The molecule has 0 aromatic heterocycles. The zero-order chi connectivity index (χ0) is 35.2. The lowest BCUT2D eigenvalue weighted by Crippen LogP contribution is -2.34. The van der Waals surface area contributed by atoms with Crippen LogP contribution in [0.1, 0.15) is 0 Å². The Kier molecular flexibility index (Phi) is 35.9. The maximum atomic E-state index is 10.7. The average Bonchev–Trinajstić information content (AvgIpc) is 3.39. The molecule has 1 aliphatic heterocycles. The second-order valence-electron chi connectivity index (χ2n) is 9.17. The Balaban J connectivity index is 0.00000168. The third-order valence-corrected chi connectivity index (χ3v) is 5.39. The van der Waals surface area contributed by atoms with Crippen LogP contribution in [0.5, 0.6) is 0 Å². The number of hydrogen-bond acceptors (Lipinski definition) is 16. The van der Waals surface area contributed by atoms with Gasteiger partial charge in [-0.3, -0.25) is 19.3 Å². The summed E-state index contributed by atoms with van der Waals surface area (Å²) in [7, 11) is 0. The lowest BCUT2D eigenvalue weighted by atomic mass is 10.5. The van der Waals surface area contributed by atoms with E-state index in [1.54, 1.807) is 0 Å². The van der Waals surface area contributed by atoms with Gasteiger partial charge in [0.15, 0.2) is 0 Å². The van der Waals surface area contributed by atoms with E-state index in [0.29, 0.717) is 150 Å². The summed E-state index contributed by atoms with van der Waals surface area (Å²) in [6.07, 6.45) is 2.09. The minimum Gasteiger partial charge on any atom is -0.480 e. The topological polar surface area (TPSA) is 217 Å². The number of imide groups is 1. The van der Waals surface area contributed by atoms with E-state index < -0.39 is 24.3 Å². The number of carboxylic acids is 1. The molecule has 18 nitrogen and oxygen atoms in total. The molecule has 0 unspecified atom stereocenters. The summed E-state index contributed by atoms with van der Waals surface area (Å²) in [5, 5.41) is 25.3. The number of ether oxygens (including phenoxy) is 11. The second-order valence-corrected chi connectivity index (χ2v) is 9.17. The van der Waals surface area contributed by atoms with Gasteiger partial charge in [0.2, 0.25) is 0 Å². The van der Waals surface area contributed by atoms with Gasteiger partial charge in [-0.05, 0) is 0 Å². The fourth-order valence-corrected chi connectivity index (χ4v) is 3.15. The van der Waals surface area contributed by atoms with Crippen molar-refractivity contribution in [1.29, 1.82) is 0 Å². The van der Waals surface area contributed by atoms with Crippen LogP contribution in [0.2, 0.25) is 0 Å². The molecule has 18 heteroatoms. The number of aliphatic hydroxyl groups excluding tert-OH is 2. The number of aliphatic hydroxyl groups is 2. The van der Waals surface area contributed by atoms with Gasteiger partial charge >= 0.3 is 5.97 Å². The molecular formula is C30H55NO17. The smallest absolute Gasteiger partial charge is 0.323 e. The van der Waals surface area contributed by atoms with E-state index in [2.05, 4.69) is 0 Å². The normalized spacial score (nSPS) is 12.6. The Morgan fingerprint density at radius 2 is 0.604 bits per heavy atom. The molecule has 0 aromatic rings. The Labute approximate surface area is 282 Å². The molecule has 0 saturated carbocycles. The molecule has 0 bridgehead atoms. The van der Waals surface area contributed by atoms with Gasteiger partial charge in [-0.1, -0.05) is 0 Å². The summed E-state index contributed by atoms with van der Waals surface area (Å²) < 4.78 is 58.7. The minimum atomic E-state index is -1.20. The van der Waals surface area contributed by atoms with Crippen molar-refractivity contribution in [2.45, 2.75) is 0 Å². The highest BCUT2D eigenvalue weighted by Gasteiger charge is 2.24. The van der Waals surface area contributed by atoms with Crippen LogP contribution in [0.4, 0.5) is 0 Å². The zero-order valence-electron chi connectivity index (χ0n) is 27.8. The quantitative estimate of drug-likeness (QED) is 0.0483. The lowest BCUT2D eigenvalue weighted by molar-refractivity contribution is -0.147. The summed E-state index contributed by atoms with van der Waals surface area (Å²) in [5.74, 6) is -2.34. The van der Waals surface area contributed by atoms with Crippen molar-refractivity contribution in [2.24, 2.45) is 0 Å². The molecule has 282 valence electrons. The van der Waals surface area contributed by atoms with E-state index in [4.69, 9.17) is 67.4 Å². The summed E-state index contributed by atoms with van der Waals surface area (Å²) in [6, 6.07) is 0. The number of hydrogen-bond donors (Lipinski definition) is 3. The van der Waals surface area contributed by atoms with E-state index >= 15 is 0 Å². The molecule has 1 rings (SSSR count). The third kappa shape index (κ3) is 33.7. The van der Waals surface area contributed by atoms with Crippen LogP contribution in [-0.4, -0.2) is 203 Å². The zero-order valence-corrected chi connectivity index (χ0v) is 27.8. The first kappa shape index (κ1) is 45.8. The minimum absolute atomic E-state index is 0.0253. The van der Waals surface area contributed by atoms with Gasteiger partial charge in [0.05, 0.1) is 159 Å². The Bertz CT molecular complexity index is 722. The molecule has 0 aliphatic carbocycles. The molecular weight excluding hydrogens is 646 g/mol. The van der Waals surface area contributed by atoms with Gasteiger partial charge < -0.3 is 67.4 Å².